The van der Waals surface area contributed by atoms with Crippen molar-refractivity contribution in [3.8, 4) is 0 Å². The molecule has 0 spiro atoms. The number of anilines is 1. The van der Waals surface area contributed by atoms with Gasteiger partial charge in [-0.3, -0.25) is 5.10 Å². The third kappa shape index (κ3) is 4.05. The minimum Gasteiger partial charge on any atom is -0.388 e. The number of H-pyrrole nitrogens is 1. The van der Waals surface area contributed by atoms with Gasteiger partial charge in [-0.05, 0) is 49.6 Å². The number of benzene rings is 1. The highest BCUT2D eigenvalue weighted by molar-refractivity contribution is 7.89. The van der Waals surface area contributed by atoms with Gasteiger partial charge in [0.05, 0.1) is 11.1 Å². The van der Waals surface area contributed by atoms with E-state index in [-0.39, 0.29) is 4.90 Å². The third-order valence-corrected chi connectivity index (χ3v) is 4.78. The maximum absolute atomic E-state index is 12.1. The molecule has 1 heterocycles. The molecule has 0 unspecified atom stereocenters. The van der Waals surface area contributed by atoms with Crippen molar-refractivity contribution in [2.75, 3.05) is 18.9 Å². The molecule has 0 bridgehead atoms. The number of rotatable bonds is 7. The zero-order valence-corrected chi connectivity index (χ0v) is 13.0. The molecule has 0 aliphatic rings. The van der Waals surface area contributed by atoms with E-state index in [1.807, 2.05) is 6.92 Å². The highest BCUT2D eigenvalue weighted by Gasteiger charge is 2.13. The fraction of sp³-hybridized carbons (Fsp3) is 0.357. The molecule has 0 fully saturated rings. The molecule has 7 heteroatoms. The Balaban J connectivity index is 1.87. The van der Waals surface area contributed by atoms with Crippen LogP contribution in [-0.4, -0.2) is 32.2 Å². The summed E-state index contributed by atoms with van der Waals surface area (Å²) >= 11 is 0. The van der Waals surface area contributed by atoms with Crippen LogP contribution in [-0.2, 0) is 16.4 Å². The van der Waals surface area contributed by atoms with E-state index in [1.165, 1.54) is 0 Å². The number of sulfonamides is 1. The second kappa shape index (κ2) is 6.73. The van der Waals surface area contributed by atoms with Gasteiger partial charge in [-0.15, -0.1) is 0 Å². The summed E-state index contributed by atoms with van der Waals surface area (Å²) in [4.78, 5) is 0.279. The maximum Gasteiger partial charge on any atom is 0.240 e. The van der Waals surface area contributed by atoms with E-state index in [2.05, 4.69) is 20.2 Å². The first-order chi connectivity index (χ1) is 10.0. The van der Waals surface area contributed by atoms with Gasteiger partial charge in [-0.25, -0.2) is 13.1 Å². The van der Waals surface area contributed by atoms with Crippen LogP contribution in [0.25, 0.3) is 0 Å². The molecule has 1 aromatic carbocycles. The fourth-order valence-corrected chi connectivity index (χ4v) is 3.07. The molecule has 114 valence electrons. The van der Waals surface area contributed by atoms with Crippen LogP contribution >= 0.6 is 0 Å². The Labute approximate surface area is 125 Å². The molecule has 0 saturated carbocycles. The second-order valence-corrected chi connectivity index (χ2v) is 6.56. The van der Waals surface area contributed by atoms with Gasteiger partial charge in [0.2, 0.25) is 10.0 Å². The Morgan fingerprint density at radius 2 is 1.95 bits per heavy atom. The molecule has 6 nitrogen and oxygen atoms in total. The molecule has 0 aliphatic heterocycles. The van der Waals surface area contributed by atoms with Gasteiger partial charge in [-0.2, -0.15) is 5.10 Å². The minimum atomic E-state index is -3.44. The average molecular weight is 308 g/mol. The van der Waals surface area contributed by atoms with Crippen LogP contribution in [0, 0.1) is 6.92 Å². The zero-order valence-electron chi connectivity index (χ0n) is 12.2. The van der Waals surface area contributed by atoms with Crippen molar-refractivity contribution in [1.29, 1.82) is 0 Å². The van der Waals surface area contributed by atoms with Gasteiger partial charge in [0.15, 0.2) is 0 Å². The molecule has 0 atom stereocenters. The number of hydrogen-bond donors (Lipinski definition) is 3. The van der Waals surface area contributed by atoms with Gasteiger partial charge in [0.1, 0.15) is 0 Å². The molecule has 3 N–H and O–H groups in total. The SMILES string of the molecule is CNc1ccc(S(=O)(=O)NCCCc2cn[nH]c2C)cc1. The van der Waals surface area contributed by atoms with Crippen LogP contribution in [0.2, 0.25) is 0 Å². The lowest BCUT2D eigenvalue weighted by molar-refractivity contribution is 0.579. The number of nitrogens with one attached hydrogen (secondary N) is 3. The van der Waals surface area contributed by atoms with Crippen molar-refractivity contribution in [3.63, 3.8) is 0 Å². The summed E-state index contributed by atoms with van der Waals surface area (Å²) in [5, 5.41) is 9.77. The first-order valence-corrected chi connectivity index (χ1v) is 8.27. The van der Waals surface area contributed by atoms with E-state index in [9.17, 15) is 8.42 Å². The molecule has 0 aliphatic carbocycles. The number of aryl methyl sites for hydroxylation is 2. The number of aromatic amines is 1. The zero-order chi connectivity index (χ0) is 15.3. The normalized spacial score (nSPS) is 11.5. The first kappa shape index (κ1) is 15.5. The van der Waals surface area contributed by atoms with Crippen molar-refractivity contribution in [2.45, 2.75) is 24.7 Å². The van der Waals surface area contributed by atoms with Crippen LogP contribution in [0.1, 0.15) is 17.7 Å². The van der Waals surface area contributed by atoms with E-state index in [4.69, 9.17) is 0 Å². The molecule has 0 radical (unpaired) electrons. The van der Waals surface area contributed by atoms with Crippen molar-refractivity contribution in [3.05, 3.63) is 41.7 Å². The van der Waals surface area contributed by atoms with Crippen LogP contribution < -0.4 is 10.0 Å². The highest BCUT2D eigenvalue weighted by Crippen LogP contribution is 2.13. The summed E-state index contributed by atoms with van der Waals surface area (Å²) in [7, 11) is -1.65. The number of nitrogens with zero attached hydrogens (tertiary/aromatic N) is 1. The van der Waals surface area contributed by atoms with Crippen LogP contribution in [0.5, 0.6) is 0 Å². The molecule has 2 aromatic rings. The van der Waals surface area contributed by atoms with Gasteiger partial charge in [-0.1, -0.05) is 0 Å². The number of hydrogen-bond acceptors (Lipinski definition) is 4. The van der Waals surface area contributed by atoms with E-state index >= 15 is 0 Å². The summed E-state index contributed by atoms with van der Waals surface area (Å²) in [6, 6.07) is 6.66. The average Bonchev–Trinajstić information content (AvgIpc) is 2.89. The highest BCUT2D eigenvalue weighted by atomic mass is 32.2. The molecule has 0 saturated heterocycles. The lowest BCUT2D eigenvalue weighted by Crippen LogP contribution is -2.25. The van der Waals surface area contributed by atoms with E-state index in [0.29, 0.717) is 6.54 Å². The Morgan fingerprint density at radius 1 is 1.24 bits per heavy atom. The maximum atomic E-state index is 12.1. The largest absolute Gasteiger partial charge is 0.388 e. The van der Waals surface area contributed by atoms with Crippen molar-refractivity contribution < 1.29 is 8.42 Å². The molecule has 0 amide bonds. The smallest absolute Gasteiger partial charge is 0.240 e. The Kier molecular flexibility index (Phi) is 4.98. The molecule has 1 aromatic heterocycles. The summed E-state index contributed by atoms with van der Waals surface area (Å²) in [6.07, 6.45) is 3.30. The molecule has 2 rings (SSSR count). The van der Waals surface area contributed by atoms with Crippen LogP contribution in [0.4, 0.5) is 5.69 Å². The topological polar surface area (TPSA) is 86.9 Å². The molecule has 21 heavy (non-hydrogen) atoms. The predicted octanol–water partition coefficient (Wildman–Crippen LogP) is 1.67. The Morgan fingerprint density at radius 3 is 2.52 bits per heavy atom. The predicted molar refractivity (Wildman–Crippen MR) is 82.8 cm³/mol. The monoisotopic (exact) mass is 308 g/mol. The summed E-state index contributed by atoms with van der Waals surface area (Å²) in [5.41, 5.74) is 3.03. The number of aromatic nitrogens is 2. The van der Waals surface area contributed by atoms with E-state index in [0.717, 1.165) is 29.8 Å². The minimum absolute atomic E-state index is 0.279. The quantitative estimate of drug-likeness (QED) is 0.679. The lowest BCUT2D eigenvalue weighted by Gasteiger charge is -2.07. The second-order valence-electron chi connectivity index (χ2n) is 4.80. The lowest BCUT2D eigenvalue weighted by atomic mass is 10.1. The Bertz CT molecular complexity index is 677. The molecular formula is C14H20N4O2S. The first-order valence-electron chi connectivity index (χ1n) is 6.79. The van der Waals surface area contributed by atoms with E-state index in [1.54, 1.807) is 37.5 Å². The summed E-state index contributed by atoms with van der Waals surface area (Å²) in [6.45, 7) is 2.36. The third-order valence-electron chi connectivity index (χ3n) is 3.30. The van der Waals surface area contributed by atoms with Crippen molar-refractivity contribution >= 4 is 15.7 Å². The van der Waals surface area contributed by atoms with Gasteiger partial charge >= 0.3 is 0 Å². The molecular weight excluding hydrogens is 288 g/mol. The van der Waals surface area contributed by atoms with Crippen molar-refractivity contribution in [1.82, 2.24) is 14.9 Å². The summed E-state index contributed by atoms with van der Waals surface area (Å²) < 4.78 is 26.8. The van der Waals surface area contributed by atoms with Gasteiger partial charge in [0.25, 0.3) is 0 Å². The van der Waals surface area contributed by atoms with Gasteiger partial charge in [0, 0.05) is 25.0 Å². The van der Waals surface area contributed by atoms with E-state index < -0.39 is 10.0 Å². The fourth-order valence-electron chi connectivity index (χ4n) is 2.00. The Hall–Kier alpha value is -1.86. The summed E-state index contributed by atoms with van der Waals surface area (Å²) in [5.74, 6) is 0. The van der Waals surface area contributed by atoms with Crippen LogP contribution in [0.15, 0.2) is 35.4 Å². The van der Waals surface area contributed by atoms with Gasteiger partial charge < -0.3 is 5.32 Å². The van der Waals surface area contributed by atoms with Crippen LogP contribution in [0.3, 0.4) is 0 Å². The van der Waals surface area contributed by atoms with Crippen molar-refractivity contribution in [2.24, 2.45) is 0 Å². The standard InChI is InChI=1S/C14H20N4O2S/c1-11-12(10-16-18-11)4-3-9-17-21(19,20)14-7-5-13(15-2)6-8-14/h5-8,10,15,17H,3-4,9H2,1-2H3,(H,16,18).